The van der Waals surface area contributed by atoms with Gasteiger partial charge in [0.1, 0.15) is 6.54 Å². The second-order valence-corrected chi connectivity index (χ2v) is 12.9. The Labute approximate surface area is 244 Å². The lowest BCUT2D eigenvalue weighted by Crippen LogP contribution is -3.00. The lowest BCUT2D eigenvalue weighted by molar-refractivity contribution is -0.941. The smallest absolute Gasteiger partial charge is 0.104 e. The minimum absolute atomic E-state index is 0. The van der Waals surface area contributed by atoms with E-state index in [9.17, 15) is 0 Å². The number of unbranched alkanes of at least 4 members (excludes halogenated alkanes) is 15. The summed E-state index contributed by atoms with van der Waals surface area (Å²) in [5, 5.41) is 0. The van der Waals surface area contributed by atoms with Gasteiger partial charge in [-0.3, -0.25) is 0 Å². The summed E-state index contributed by atoms with van der Waals surface area (Å²) in [4.78, 5) is 0. The van der Waals surface area contributed by atoms with Crippen LogP contribution in [0.1, 0.15) is 168 Å². The molecule has 218 valence electrons. The second-order valence-electron chi connectivity index (χ2n) is 12.9. The second kappa shape index (κ2) is 22.5. The molecule has 0 spiro atoms. The zero-order valence-electron chi connectivity index (χ0n) is 26.2. The number of hydrogen-bond donors (Lipinski definition) is 0. The first kappa shape index (κ1) is 36.7. The monoisotopic (exact) mass is 579 g/mol. The lowest BCUT2D eigenvalue weighted by Gasteiger charge is -2.40. The number of halogens is 1. The van der Waals surface area contributed by atoms with Crippen molar-refractivity contribution in [3.8, 4) is 0 Å². The molecule has 0 saturated carbocycles. The molecule has 0 atom stereocenters. The van der Waals surface area contributed by atoms with Gasteiger partial charge >= 0.3 is 0 Å². The first-order valence-electron chi connectivity index (χ1n) is 16.3. The lowest BCUT2D eigenvalue weighted by atomic mass is 9.86. The van der Waals surface area contributed by atoms with Gasteiger partial charge in [0.2, 0.25) is 0 Å². The maximum atomic E-state index is 2.46. The van der Waals surface area contributed by atoms with Gasteiger partial charge in [-0.05, 0) is 49.5 Å². The summed E-state index contributed by atoms with van der Waals surface area (Å²) in [6.07, 6.45) is 25.4. The molecule has 0 fully saturated rings. The molecule has 0 N–H and O–H groups in total. The van der Waals surface area contributed by atoms with Crippen molar-refractivity contribution in [2.45, 2.75) is 169 Å². The molecule has 0 saturated heterocycles. The van der Waals surface area contributed by atoms with E-state index >= 15 is 0 Å². The van der Waals surface area contributed by atoms with Crippen LogP contribution in [0.4, 0.5) is 0 Å². The molecule has 0 bridgehead atoms. The van der Waals surface area contributed by atoms with Crippen LogP contribution in [-0.4, -0.2) is 24.1 Å². The van der Waals surface area contributed by atoms with E-state index < -0.39 is 0 Å². The summed E-state index contributed by atoms with van der Waals surface area (Å²) in [6, 6.07) is 9.73. The van der Waals surface area contributed by atoms with Crippen LogP contribution in [0.15, 0.2) is 24.3 Å². The molecule has 0 aliphatic carbocycles. The van der Waals surface area contributed by atoms with Crippen molar-refractivity contribution in [1.29, 1.82) is 0 Å². The maximum Gasteiger partial charge on any atom is 0.104 e. The predicted molar refractivity (Wildman–Crippen MR) is 164 cm³/mol. The molecule has 1 aromatic carbocycles. The Kier molecular flexibility index (Phi) is 22.3. The van der Waals surface area contributed by atoms with Gasteiger partial charge in [0, 0.05) is 5.56 Å². The van der Waals surface area contributed by atoms with E-state index in [0.717, 1.165) is 0 Å². The van der Waals surface area contributed by atoms with E-state index in [-0.39, 0.29) is 22.4 Å². The molecule has 1 aromatic rings. The molecule has 37 heavy (non-hydrogen) atoms. The van der Waals surface area contributed by atoms with Crippen LogP contribution in [0.2, 0.25) is 0 Å². The fourth-order valence-electron chi connectivity index (χ4n) is 5.75. The highest BCUT2D eigenvalue weighted by atomic mass is 79.9. The van der Waals surface area contributed by atoms with Crippen LogP contribution >= 0.6 is 0 Å². The molecular formula is C35H66BrN. The Hall–Kier alpha value is -0.340. The molecular weight excluding hydrogens is 514 g/mol. The van der Waals surface area contributed by atoms with Crippen molar-refractivity contribution in [2.75, 3.05) is 19.6 Å². The first-order valence-corrected chi connectivity index (χ1v) is 16.3. The number of benzene rings is 1. The van der Waals surface area contributed by atoms with Crippen molar-refractivity contribution in [3.63, 3.8) is 0 Å². The van der Waals surface area contributed by atoms with Crippen molar-refractivity contribution >= 4 is 0 Å². The van der Waals surface area contributed by atoms with E-state index in [0.29, 0.717) is 0 Å². The molecule has 0 aliphatic heterocycles. The number of quaternary nitrogens is 1. The van der Waals surface area contributed by atoms with Crippen LogP contribution in [0.3, 0.4) is 0 Å². The Morgan fingerprint density at radius 2 is 0.811 bits per heavy atom. The van der Waals surface area contributed by atoms with E-state index in [2.05, 4.69) is 65.8 Å². The van der Waals surface area contributed by atoms with Crippen molar-refractivity contribution < 1.29 is 21.5 Å². The zero-order chi connectivity index (χ0) is 26.5. The summed E-state index contributed by atoms with van der Waals surface area (Å²) in [5.41, 5.74) is 3.26. The standard InChI is InChI=1S/C35H66N.BrH/c1-7-10-13-16-19-22-29-36(30-23-20-17-14-11-8-2,31-24-21-18-15-12-9-3)32-33-25-27-34(28-26-33)35(4,5)6;/h25-28H,7-24,29-32H2,1-6H3;1H/q+1;/p-1. The van der Waals surface area contributed by atoms with E-state index in [1.807, 2.05) is 0 Å². The molecule has 1 rings (SSSR count). The van der Waals surface area contributed by atoms with Gasteiger partial charge in [-0.25, -0.2) is 0 Å². The number of nitrogens with zero attached hydrogens (tertiary/aromatic N) is 1. The largest absolute Gasteiger partial charge is 1.00 e. The quantitative estimate of drug-likeness (QED) is 0.0901. The summed E-state index contributed by atoms with van der Waals surface area (Å²) in [7, 11) is 0. The van der Waals surface area contributed by atoms with E-state index in [4.69, 9.17) is 0 Å². The summed E-state index contributed by atoms with van der Waals surface area (Å²) >= 11 is 0. The van der Waals surface area contributed by atoms with Crippen molar-refractivity contribution in [3.05, 3.63) is 35.4 Å². The highest BCUT2D eigenvalue weighted by Gasteiger charge is 2.27. The van der Waals surface area contributed by atoms with Gasteiger partial charge < -0.3 is 21.5 Å². The first-order chi connectivity index (χ1) is 17.4. The zero-order valence-corrected chi connectivity index (χ0v) is 27.8. The minimum atomic E-state index is 0. The van der Waals surface area contributed by atoms with Crippen molar-refractivity contribution in [1.82, 2.24) is 0 Å². The maximum absolute atomic E-state index is 2.46. The van der Waals surface area contributed by atoms with Crippen LogP contribution in [0.5, 0.6) is 0 Å². The molecule has 0 aromatic heterocycles. The Morgan fingerprint density at radius 1 is 0.486 bits per heavy atom. The van der Waals surface area contributed by atoms with Gasteiger partial charge in [0.25, 0.3) is 0 Å². The normalized spacial score (nSPS) is 12.1. The van der Waals surface area contributed by atoms with E-state index in [1.165, 1.54) is 152 Å². The highest BCUT2D eigenvalue weighted by molar-refractivity contribution is 5.27. The van der Waals surface area contributed by atoms with Crippen molar-refractivity contribution in [2.24, 2.45) is 0 Å². The average molecular weight is 581 g/mol. The summed E-state index contributed by atoms with van der Waals surface area (Å²) in [5.74, 6) is 0. The average Bonchev–Trinajstić information content (AvgIpc) is 2.85. The van der Waals surface area contributed by atoms with Gasteiger partial charge in [-0.2, -0.15) is 0 Å². The Morgan fingerprint density at radius 3 is 1.14 bits per heavy atom. The third kappa shape index (κ3) is 17.8. The fraction of sp³-hybridized carbons (Fsp3) is 0.829. The predicted octanol–water partition coefficient (Wildman–Crippen LogP) is 8.39. The van der Waals surface area contributed by atoms with Gasteiger partial charge in [0.05, 0.1) is 19.6 Å². The highest BCUT2D eigenvalue weighted by Crippen LogP contribution is 2.26. The molecule has 0 heterocycles. The molecule has 2 heteroatoms. The Balaban J connectivity index is 0.0000130. The number of hydrogen-bond acceptors (Lipinski definition) is 0. The summed E-state index contributed by atoms with van der Waals surface area (Å²) in [6.45, 7) is 19.4. The van der Waals surface area contributed by atoms with Gasteiger partial charge in [-0.15, -0.1) is 0 Å². The van der Waals surface area contributed by atoms with Crippen LogP contribution in [-0.2, 0) is 12.0 Å². The van der Waals surface area contributed by atoms with Crippen LogP contribution in [0, 0.1) is 0 Å². The number of rotatable bonds is 23. The Bertz CT molecular complexity index is 574. The molecule has 1 nitrogen and oxygen atoms in total. The van der Waals surface area contributed by atoms with Crippen LogP contribution in [0.25, 0.3) is 0 Å². The topological polar surface area (TPSA) is 0 Å². The minimum Gasteiger partial charge on any atom is -1.00 e. The third-order valence-electron chi connectivity index (χ3n) is 8.30. The van der Waals surface area contributed by atoms with Crippen LogP contribution < -0.4 is 17.0 Å². The van der Waals surface area contributed by atoms with Gasteiger partial charge in [-0.1, -0.05) is 143 Å². The summed E-state index contributed by atoms with van der Waals surface area (Å²) < 4.78 is 1.34. The third-order valence-corrected chi connectivity index (χ3v) is 8.30. The molecule has 0 aliphatic rings. The van der Waals surface area contributed by atoms with Gasteiger partial charge in [0.15, 0.2) is 0 Å². The van der Waals surface area contributed by atoms with E-state index in [1.54, 1.807) is 5.56 Å². The molecule has 0 unspecified atom stereocenters. The molecule has 0 radical (unpaired) electrons. The molecule has 0 amide bonds. The SMILES string of the molecule is CCCCCCCC[N+](CCCCCCCC)(CCCCCCCC)Cc1ccc(C(C)(C)C)cc1.[Br-]. The fourth-order valence-corrected chi connectivity index (χ4v) is 5.75.